The molecule has 0 bridgehead atoms. The Bertz CT molecular complexity index is 1240. The summed E-state index contributed by atoms with van der Waals surface area (Å²) >= 11 is 0. The van der Waals surface area contributed by atoms with Crippen LogP contribution < -0.4 is 24.4 Å². The summed E-state index contributed by atoms with van der Waals surface area (Å²) < 4.78 is 21.5. The molecule has 1 amide bonds. The van der Waals surface area contributed by atoms with Crippen molar-refractivity contribution < 1.29 is 28.5 Å². The lowest BCUT2D eigenvalue weighted by Gasteiger charge is -2.14. The van der Waals surface area contributed by atoms with E-state index in [-0.39, 0.29) is 18.4 Å². The minimum absolute atomic E-state index is 0.147. The summed E-state index contributed by atoms with van der Waals surface area (Å²) in [6.07, 6.45) is 1.49. The highest BCUT2D eigenvalue weighted by Gasteiger charge is 2.13. The number of carbonyl (C=O) groups excluding carboxylic acids is 2. The van der Waals surface area contributed by atoms with Crippen molar-refractivity contribution in [2.24, 2.45) is 5.10 Å². The van der Waals surface area contributed by atoms with Crippen LogP contribution in [0, 0.1) is 6.92 Å². The molecule has 0 heterocycles. The molecular formula is C28H30N2O6. The summed E-state index contributed by atoms with van der Waals surface area (Å²) in [5.74, 6) is 1.40. The standard InChI is InChI=1S/C28H30N2O6/c1-18(2)23-12-6-19(3)14-25(23)35-17-27(31)30-29-16-20-7-10-22(11-8-20)36-28(32)21-9-13-24(33-4)26(15-21)34-5/h6-16,18H,17H2,1-5H3,(H,30,31)/b29-16+. The summed E-state index contributed by atoms with van der Waals surface area (Å²) in [7, 11) is 3.02. The molecule has 0 fully saturated rings. The van der Waals surface area contributed by atoms with E-state index >= 15 is 0 Å². The molecule has 8 nitrogen and oxygen atoms in total. The number of benzene rings is 3. The van der Waals surface area contributed by atoms with E-state index in [0.717, 1.165) is 11.1 Å². The van der Waals surface area contributed by atoms with E-state index < -0.39 is 5.97 Å². The van der Waals surface area contributed by atoms with Crippen LogP contribution in [0.2, 0.25) is 0 Å². The lowest BCUT2D eigenvalue weighted by atomic mass is 10.0. The number of ether oxygens (including phenoxy) is 4. The lowest BCUT2D eigenvalue weighted by Crippen LogP contribution is -2.25. The number of amides is 1. The fraction of sp³-hybridized carbons (Fsp3) is 0.250. The summed E-state index contributed by atoms with van der Waals surface area (Å²) in [5, 5.41) is 3.96. The van der Waals surface area contributed by atoms with Gasteiger partial charge in [0.25, 0.3) is 5.91 Å². The maximum Gasteiger partial charge on any atom is 0.343 e. The second kappa shape index (κ2) is 12.4. The third-order valence-corrected chi connectivity index (χ3v) is 5.26. The molecule has 1 N–H and O–H groups in total. The molecule has 0 aliphatic rings. The van der Waals surface area contributed by atoms with Crippen LogP contribution in [0.1, 0.15) is 46.8 Å². The quantitative estimate of drug-likeness (QED) is 0.188. The van der Waals surface area contributed by atoms with Crippen LogP contribution in [0.4, 0.5) is 0 Å². The third kappa shape index (κ3) is 7.09. The van der Waals surface area contributed by atoms with E-state index in [1.165, 1.54) is 20.4 Å². The monoisotopic (exact) mass is 490 g/mol. The number of carbonyl (C=O) groups is 2. The highest BCUT2D eigenvalue weighted by molar-refractivity contribution is 5.92. The molecule has 0 aliphatic heterocycles. The number of methoxy groups -OCH3 is 2. The molecule has 0 aromatic heterocycles. The van der Waals surface area contributed by atoms with Gasteiger partial charge in [-0.25, -0.2) is 10.2 Å². The van der Waals surface area contributed by atoms with Gasteiger partial charge in [0, 0.05) is 0 Å². The Balaban J connectivity index is 1.52. The number of hydrogen-bond acceptors (Lipinski definition) is 7. The minimum atomic E-state index is -0.529. The zero-order valence-corrected chi connectivity index (χ0v) is 21.0. The Morgan fingerprint density at radius 2 is 1.64 bits per heavy atom. The Morgan fingerprint density at radius 1 is 0.917 bits per heavy atom. The molecule has 0 saturated carbocycles. The minimum Gasteiger partial charge on any atom is -0.493 e. The molecule has 0 atom stereocenters. The number of nitrogens with one attached hydrogen (secondary N) is 1. The average Bonchev–Trinajstić information content (AvgIpc) is 2.87. The van der Waals surface area contributed by atoms with E-state index in [2.05, 4.69) is 24.4 Å². The zero-order chi connectivity index (χ0) is 26.1. The summed E-state index contributed by atoms with van der Waals surface area (Å²) in [6, 6.07) is 17.4. The average molecular weight is 491 g/mol. The summed E-state index contributed by atoms with van der Waals surface area (Å²) in [5.41, 5.74) is 5.60. The Morgan fingerprint density at radius 3 is 2.31 bits per heavy atom. The first-order valence-corrected chi connectivity index (χ1v) is 11.4. The first kappa shape index (κ1) is 26.3. The van der Waals surface area contributed by atoms with Crippen LogP contribution in [-0.4, -0.2) is 38.9 Å². The van der Waals surface area contributed by atoms with Crippen molar-refractivity contribution in [3.63, 3.8) is 0 Å². The SMILES string of the molecule is COc1ccc(C(=O)Oc2ccc(/C=N/NC(=O)COc3cc(C)ccc3C(C)C)cc2)cc1OC. The number of hydrazone groups is 1. The van der Waals surface area contributed by atoms with Gasteiger partial charge in [-0.2, -0.15) is 5.10 Å². The van der Waals surface area contributed by atoms with Crippen molar-refractivity contribution in [2.75, 3.05) is 20.8 Å². The highest BCUT2D eigenvalue weighted by atomic mass is 16.5. The van der Waals surface area contributed by atoms with Crippen LogP contribution in [0.5, 0.6) is 23.0 Å². The van der Waals surface area contributed by atoms with E-state index in [1.807, 2.05) is 25.1 Å². The fourth-order valence-corrected chi connectivity index (χ4v) is 3.35. The lowest BCUT2D eigenvalue weighted by molar-refractivity contribution is -0.123. The number of hydrogen-bond donors (Lipinski definition) is 1. The van der Waals surface area contributed by atoms with Gasteiger partial charge in [-0.05, 0) is 78.1 Å². The second-order valence-electron chi connectivity index (χ2n) is 8.31. The molecule has 3 aromatic rings. The topological polar surface area (TPSA) is 95.5 Å². The van der Waals surface area contributed by atoms with Gasteiger partial charge in [0.15, 0.2) is 18.1 Å². The van der Waals surface area contributed by atoms with Crippen molar-refractivity contribution in [1.29, 1.82) is 0 Å². The van der Waals surface area contributed by atoms with Gasteiger partial charge in [0.1, 0.15) is 11.5 Å². The van der Waals surface area contributed by atoms with Crippen molar-refractivity contribution >= 4 is 18.1 Å². The van der Waals surface area contributed by atoms with Crippen LogP contribution >= 0.6 is 0 Å². The van der Waals surface area contributed by atoms with Crippen LogP contribution in [0.15, 0.2) is 65.8 Å². The van der Waals surface area contributed by atoms with E-state index in [1.54, 1.807) is 42.5 Å². The van der Waals surface area contributed by atoms with Crippen LogP contribution in [0.3, 0.4) is 0 Å². The van der Waals surface area contributed by atoms with Gasteiger partial charge in [0.2, 0.25) is 0 Å². The summed E-state index contributed by atoms with van der Waals surface area (Å²) in [4.78, 5) is 24.6. The van der Waals surface area contributed by atoms with Gasteiger partial charge < -0.3 is 18.9 Å². The summed E-state index contributed by atoms with van der Waals surface area (Å²) in [6.45, 7) is 5.98. The molecule has 3 aromatic carbocycles. The van der Waals surface area contributed by atoms with Crippen LogP contribution in [0.25, 0.3) is 0 Å². The normalized spacial score (nSPS) is 10.8. The number of nitrogens with zero attached hydrogens (tertiary/aromatic N) is 1. The van der Waals surface area contributed by atoms with Crippen molar-refractivity contribution in [2.45, 2.75) is 26.7 Å². The van der Waals surface area contributed by atoms with Gasteiger partial charge >= 0.3 is 5.97 Å². The van der Waals surface area contributed by atoms with Crippen molar-refractivity contribution in [3.05, 3.63) is 82.9 Å². The molecule has 36 heavy (non-hydrogen) atoms. The zero-order valence-electron chi connectivity index (χ0n) is 21.0. The molecule has 3 rings (SSSR count). The van der Waals surface area contributed by atoms with Crippen molar-refractivity contribution in [1.82, 2.24) is 5.43 Å². The van der Waals surface area contributed by atoms with E-state index in [4.69, 9.17) is 18.9 Å². The predicted octanol–water partition coefficient (Wildman–Crippen LogP) is 4.88. The molecule has 0 radical (unpaired) electrons. The third-order valence-electron chi connectivity index (χ3n) is 5.26. The Hall–Kier alpha value is -4.33. The number of rotatable bonds is 10. The van der Waals surface area contributed by atoms with E-state index in [0.29, 0.717) is 34.1 Å². The Kier molecular flexibility index (Phi) is 9.05. The van der Waals surface area contributed by atoms with Crippen LogP contribution in [-0.2, 0) is 4.79 Å². The fourth-order valence-electron chi connectivity index (χ4n) is 3.35. The number of aryl methyl sites for hydroxylation is 1. The maximum atomic E-state index is 12.5. The van der Waals surface area contributed by atoms with Gasteiger partial charge in [-0.1, -0.05) is 26.0 Å². The molecule has 0 aliphatic carbocycles. The second-order valence-corrected chi connectivity index (χ2v) is 8.31. The van der Waals surface area contributed by atoms with Gasteiger partial charge in [0.05, 0.1) is 26.0 Å². The van der Waals surface area contributed by atoms with E-state index in [9.17, 15) is 9.59 Å². The largest absolute Gasteiger partial charge is 0.493 e. The van der Waals surface area contributed by atoms with Gasteiger partial charge in [-0.15, -0.1) is 0 Å². The molecular weight excluding hydrogens is 460 g/mol. The first-order valence-electron chi connectivity index (χ1n) is 11.4. The predicted molar refractivity (Wildman–Crippen MR) is 137 cm³/mol. The molecule has 0 unspecified atom stereocenters. The smallest absolute Gasteiger partial charge is 0.343 e. The molecule has 8 heteroatoms. The molecule has 0 spiro atoms. The van der Waals surface area contributed by atoms with Crippen molar-refractivity contribution in [3.8, 4) is 23.0 Å². The maximum absolute atomic E-state index is 12.5. The molecule has 188 valence electrons. The number of esters is 1. The molecule has 0 saturated heterocycles. The van der Waals surface area contributed by atoms with Gasteiger partial charge in [-0.3, -0.25) is 4.79 Å². The highest BCUT2D eigenvalue weighted by Crippen LogP contribution is 2.28. The Labute approximate surface area is 210 Å². The first-order chi connectivity index (χ1) is 17.3.